The molecule has 0 radical (unpaired) electrons. The molecular weight excluding hydrogens is 258 g/mol. The molecule has 1 N–H and O–H groups in total. The second-order valence-corrected chi connectivity index (χ2v) is 4.39. The summed E-state index contributed by atoms with van der Waals surface area (Å²) >= 11 is 2.16. The van der Waals surface area contributed by atoms with Crippen LogP contribution in [0.3, 0.4) is 0 Å². The zero-order chi connectivity index (χ0) is 11.1. The first-order valence-corrected chi connectivity index (χ1v) is 4.82. The van der Waals surface area contributed by atoms with Gasteiger partial charge >= 0.3 is 4.83 Å². The van der Waals surface area contributed by atoms with E-state index in [0.717, 1.165) is 6.92 Å². The molecule has 0 fully saturated rings. The number of alkyl halides is 3. The zero-order valence-electron chi connectivity index (χ0n) is 8.07. The van der Waals surface area contributed by atoms with Gasteiger partial charge in [-0.2, -0.15) is 8.78 Å². The van der Waals surface area contributed by atoms with Gasteiger partial charge in [-0.25, -0.2) is 0 Å². The molecule has 0 spiro atoms. The van der Waals surface area contributed by atoms with E-state index in [2.05, 4.69) is 15.9 Å². The lowest BCUT2D eigenvalue weighted by Gasteiger charge is -2.27. The summed E-state index contributed by atoms with van der Waals surface area (Å²) in [5.74, 6) is 0.793. The first-order chi connectivity index (χ1) is 6.16. The van der Waals surface area contributed by atoms with Crippen LogP contribution >= 0.6 is 15.9 Å². The highest BCUT2D eigenvalue weighted by Crippen LogP contribution is 2.43. The Balaban J connectivity index is 3.22. The summed E-state index contributed by atoms with van der Waals surface area (Å²) in [7, 11) is 0. The largest absolute Gasteiger partial charge is 0.466 e. The molecule has 1 aromatic rings. The molecule has 0 aliphatic heterocycles. The predicted molar refractivity (Wildman–Crippen MR) is 51.6 cm³/mol. The number of halogens is 3. The Kier molecular flexibility index (Phi) is 2.75. The minimum Gasteiger partial charge on any atom is -0.466 e. The van der Waals surface area contributed by atoms with Crippen LogP contribution < -0.4 is 0 Å². The fourth-order valence-corrected chi connectivity index (χ4v) is 1.48. The normalized spacial score (nSPS) is 16.8. The van der Waals surface area contributed by atoms with Crippen molar-refractivity contribution in [3.63, 3.8) is 0 Å². The van der Waals surface area contributed by atoms with Crippen LogP contribution in [0.1, 0.15) is 24.0 Å². The smallest absolute Gasteiger partial charge is 0.333 e. The van der Waals surface area contributed by atoms with E-state index in [1.807, 2.05) is 0 Å². The second kappa shape index (κ2) is 3.31. The van der Waals surface area contributed by atoms with Crippen LogP contribution in [0.5, 0.6) is 0 Å². The summed E-state index contributed by atoms with van der Waals surface area (Å²) in [6.45, 7) is 4.22. The Morgan fingerprint density at radius 1 is 1.43 bits per heavy atom. The van der Waals surface area contributed by atoms with Gasteiger partial charge in [-0.1, -0.05) is 0 Å². The van der Waals surface area contributed by atoms with Gasteiger partial charge in [-0.15, -0.1) is 0 Å². The molecule has 2 nitrogen and oxygen atoms in total. The summed E-state index contributed by atoms with van der Waals surface area (Å²) in [4.78, 5) is -3.39. The number of hydrogen-bond donors (Lipinski definition) is 1. The van der Waals surface area contributed by atoms with Crippen molar-refractivity contribution in [1.29, 1.82) is 0 Å². The van der Waals surface area contributed by atoms with Crippen molar-refractivity contribution in [2.24, 2.45) is 0 Å². The van der Waals surface area contributed by atoms with Crippen molar-refractivity contribution in [3.8, 4) is 0 Å². The molecule has 0 saturated carbocycles. The summed E-state index contributed by atoms with van der Waals surface area (Å²) in [5, 5.41) is 9.66. The van der Waals surface area contributed by atoms with Gasteiger partial charge in [-0.3, -0.25) is 0 Å². The van der Waals surface area contributed by atoms with Gasteiger partial charge in [0.15, 0.2) is 5.60 Å². The number of hydrogen-bond acceptors (Lipinski definition) is 2. The second-order valence-electron chi connectivity index (χ2n) is 3.40. The molecule has 1 atom stereocenters. The summed E-state index contributed by atoms with van der Waals surface area (Å²) < 4.78 is 31.1. The molecular formula is C9H11BrF2O2. The number of aryl methyl sites for hydroxylation is 2. The van der Waals surface area contributed by atoms with Gasteiger partial charge in [0.1, 0.15) is 11.5 Å². The Morgan fingerprint density at radius 2 is 1.93 bits per heavy atom. The van der Waals surface area contributed by atoms with E-state index in [1.165, 1.54) is 13.0 Å². The van der Waals surface area contributed by atoms with Crippen LogP contribution in [-0.2, 0) is 5.60 Å². The third-order valence-electron chi connectivity index (χ3n) is 2.12. The molecule has 80 valence electrons. The fraction of sp³-hybridized carbons (Fsp3) is 0.556. The SMILES string of the molecule is Cc1cc(C(C)(O)C(F)(F)Br)c(C)o1. The lowest BCUT2D eigenvalue weighted by molar-refractivity contribution is -0.109. The van der Waals surface area contributed by atoms with Crippen LogP contribution in [0.25, 0.3) is 0 Å². The Labute approximate surface area is 89.0 Å². The highest BCUT2D eigenvalue weighted by atomic mass is 79.9. The van der Waals surface area contributed by atoms with E-state index in [-0.39, 0.29) is 5.56 Å². The number of furan rings is 1. The van der Waals surface area contributed by atoms with Crippen LogP contribution in [-0.4, -0.2) is 9.94 Å². The minimum atomic E-state index is -3.39. The molecule has 0 bridgehead atoms. The predicted octanol–water partition coefficient (Wildman–Crippen LogP) is 3.09. The maximum absolute atomic E-state index is 13.0. The number of rotatable bonds is 2. The van der Waals surface area contributed by atoms with Crippen molar-refractivity contribution in [1.82, 2.24) is 0 Å². The van der Waals surface area contributed by atoms with Crippen molar-refractivity contribution < 1.29 is 18.3 Å². The van der Waals surface area contributed by atoms with Crippen molar-refractivity contribution >= 4 is 15.9 Å². The molecule has 0 aliphatic rings. The van der Waals surface area contributed by atoms with Crippen molar-refractivity contribution in [3.05, 3.63) is 23.2 Å². The van der Waals surface area contributed by atoms with Crippen LogP contribution in [0.15, 0.2) is 10.5 Å². The first kappa shape index (κ1) is 11.7. The first-order valence-electron chi connectivity index (χ1n) is 4.03. The van der Waals surface area contributed by atoms with E-state index in [1.54, 1.807) is 6.92 Å². The standard InChI is InChI=1S/C9H11BrF2O2/c1-5-4-7(6(2)14-5)8(3,13)9(10,11)12/h4,13H,1-3H3. The van der Waals surface area contributed by atoms with E-state index in [4.69, 9.17) is 4.42 Å². The summed E-state index contributed by atoms with van der Waals surface area (Å²) in [6, 6.07) is 1.41. The molecule has 1 rings (SSSR count). The topological polar surface area (TPSA) is 33.4 Å². The van der Waals surface area contributed by atoms with E-state index >= 15 is 0 Å². The minimum absolute atomic E-state index is 0.0943. The lowest BCUT2D eigenvalue weighted by Crippen LogP contribution is -2.38. The van der Waals surface area contributed by atoms with Gasteiger partial charge in [0.05, 0.1) is 0 Å². The molecule has 1 unspecified atom stereocenters. The van der Waals surface area contributed by atoms with Crippen molar-refractivity contribution in [2.75, 3.05) is 0 Å². The maximum atomic E-state index is 13.0. The Bertz CT molecular complexity index is 339. The average Bonchev–Trinajstić information content (AvgIpc) is 2.27. The van der Waals surface area contributed by atoms with Crippen molar-refractivity contribution in [2.45, 2.75) is 31.2 Å². The highest BCUT2D eigenvalue weighted by Gasteiger charge is 2.49. The van der Waals surface area contributed by atoms with Gasteiger partial charge in [-0.05, 0) is 42.8 Å². The van der Waals surface area contributed by atoms with Crippen LogP contribution in [0, 0.1) is 13.8 Å². The zero-order valence-corrected chi connectivity index (χ0v) is 9.65. The maximum Gasteiger partial charge on any atom is 0.333 e. The number of aliphatic hydroxyl groups is 1. The van der Waals surface area contributed by atoms with Crippen LogP contribution in [0.2, 0.25) is 0 Å². The van der Waals surface area contributed by atoms with E-state index < -0.39 is 10.4 Å². The van der Waals surface area contributed by atoms with Crippen LogP contribution in [0.4, 0.5) is 8.78 Å². The fourth-order valence-electron chi connectivity index (χ4n) is 1.27. The third-order valence-corrected chi connectivity index (χ3v) is 2.89. The highest BCUT2D eigenvalue weighted by molar-refractivity contribution is 9.10. The monoisotopic (exact) mass is 268 g/mol. The Morgan fingerprint density at radius 3 is 2.21 bits per heavy atom. The Hall–Kier alpha value is -0.420. The van der Waals surface area contributed by atoms with E-state index in [0.29, 0.717) is 11.5 Å². The lowest BCUT2D eigenvalue weighted by atomic mass is 9.97. The summed E-state index contributed by atoms with van der Waals surface area (Å²) in [6.07, 6.45) is 0. The molecule has 0 saturated heterocycles. The van der Waals surface area contributed by atoms with Gasteiger partial charge < -0.3 is 9.52 Å². The van der Waals surface area contributed by atoms with Gasteiger partial charge in [0.25, 0.3) is 0 Å². The quantitative estimate of drug-likeness (QED) is 0.837. The molecule has 5 heteroatoms. The average molecular weight is 269 g/mol. The van der Waals surface area contributed by atoms with Gasteiger partial charge in [0, 0.05) is 5.56 Å². The molecule has 0 aliphatic carbocycles. The molecule has 1 heterocycles. The molecule has 1 aromatic heterocycles. The molecule has 0 amide bonds. The molecule has 0 aromatic carbocycles. The van der Waals surface area contributed by atoms with Gasteiger partial charge in [0.2, 0.25) is 0 Å². The van der Waals surface area contributed by atoms with E-state index in [9.17, 15) is 13.9 Å². The summed E-state index contributed by atoms with van der Waals surface area (Å²) in [5.41, 5.74) is -2.17. The third kappa shape index (κ3) is 1.83. The molecule has 14 heavy (non-hydrogen) atoms.